The number of nitrogens with zero attached hydrogens (tertiary/aromatic N) is 1. The highest BCUT2D eigenvalue weighted by Crippen LogP contribution is 2.11. The maximum atomic E-state index is 12.4. The summed E-state index contributed by atoms with van der Waals surface area (Å²) >= 11 is 0. The Labute approximate surface area is 173 Å². The van der Waals surface area contributed by atoms with Crippen molar-refractivity contribution in [1.82, 2.24) is 15.5 Å². The first-order chi connectivity index (χ1) is 12.9. The molecule has 0 aromatic carbocycles. The lowest BCUT2D eigenvalue weighted by atomic mass is 10.2. The summed E-state index contributed by atoms with van der Waals surface area (Å²) in [6.07, 6.45) is -1.93. The number of rotatable bonds is 4. The van der Waals surface area contributed by atoms with Crippen molar-refractivity contribution in [2.24, 2.45) is 0 Å². The molecular weight excluding hydrogens is 380 g/mol. The van der Waals surface area contributed by atoms with Crippen LogP contribution in [-0.2, 0) is 14.2 Å². The lowest BCUT2D eigenvalue weighted by molar-refractivity contribution is 0.0356. The van der Waals surface area contributed by atoms with Gasteiger partial charge in [0.15, 0.2) is 0 Å². The van der Waals surface area contributed by atoms with Crippen molar-refractivity contribution in [3.8, 4) is 0 Å². The van der Waals surface area contributed by atoms with Crippen molar-refractivity contribution in [3.05, 3.63) is 0 Å². The van der Waals surface area contributed by atoms with Crippen molar-refractivity contribution < 1.29 is 28.6 Å². The Morgan fingerprint density at radius 1 is 0.793 bits per heavy atom. The van der Waals surface area contributed by atoms with Gasteiger partial charge in [0.2, 0.25) is 5.96 Å². The summed E-state index contributed by atoms with van der Waals surface area (Å²) in [6.45, 7) is 15.6. The van der Waals surface area contributed by atoms with Crippen LogP contribution in [0.1, 0.15) is 68.7 Å². The molecule has 3 N–H and O–H groups in total. The monoisotopic (exact) mass is 416 g/mol. The van der Waals surface area contributed by atoms with Gasteiger partial charge < -0.3 is 19.5 Å². The van der Waals surface area contributed by atoms with Gasteiger partial charge in [0.25, 0.3) is 0 Å². The van der Waals surface area contributed by atoms with Crippen LogP contribution in [0.3, 0.4) is 0 Å². The van der Waals surface area contributed by atoms with E-state index in [-0.39, 0.29) is 13.1 Å². The predicted octanol–water partition coefficient (Wildman–Crippen LogP) is 3.60. The Balaban J connectivity index is 4.90. The van der Waals surface area contributed by atoms with Crippen molar-refractivity contribution in [2.75, 3.05) is 13.1 Å². The molecule has 0 aliphatic heterocycles. The molecular formula is C19H36N4O6. The summed E-state index contributed by atoms with van der Waals surface area (Å²) in [6, 6.07) is 0. The molecule has 3 amide bonds. The van der Waals surface area contributed by atoms with Crippen LogP contribution in [0, 0.1) is 5.41 Å². The molecule has 10 heteroatoms. The van der Waals surface area contributed by atoms with Crippen LogP contribution in [0.15, 0.2) is 0 Å². The smallest absolute Gasteiger partial charge is 0.417 e. The van der Waals surface area contributed by atoms with Crippen LogP contribution in [0.5, 0.6) is 0 Å². The third-order valence-corrected chi connectivity index (χ3v) is 2.73. The van der Waals surface area contributed by atoms with Crippen LogP contribution in [0.25, 0.3) is 0 Å². The van der Waals surface area contributed by atoms with Gasteiger partial charge in [0.05, 0.1) is 0 Å². The summed E-state index contributed by atoms with van der Waals surface area (Å²) in [5.74, 6) is -0.481. The molecule has 0 aliphatic rings. The van der Waals surface area contributed by atoms with Gasteiger partial charge in [-0.1, -0.05) is 0 Å². The van der Waals surface area contributed by atoms with E-state index < -0.39 is 41.0 Å². The number of hydrogen-bond acceptors (Lipinski definition) is 7. The molecule has 0 saturated carbocycles. The summed E-state index contributed by atoms with van der Waals surface area (Å²) < 4.78 is 15.5. The second-order valence-corrected chi connectivity index (χ2v) is 9.39. The largest absolute Gasteiger partial charge is 0.444 e. The molecule has 0 spiro atoms. The molecule has 0 bridgehead atoms. The van der Waals surface area contributed by atoms with E-state index >= 15 is 0 Å². The standard InChI is InChI=1S/C19H36N4O6/c1-17(2,3)27-14(24)21-11-10-12-23(16(26)29-19(7,8)9)13(20)22-15(25)28-18(4,5)6/h10-12H2,1-9H3,(H,21,24)(H2,20,22,25). The number of guanidine groups is 1. The minimum atomic E-state index is -0.858. The topological polar surface area (TPSA) is 130 Å². The van der Waals surface area contributed by atoms with Gasteiger partial charge in [0.1, 0.15) is 16.8 Å². The summed E-state index contributed by atoms with van der Waals surface area (Å²) in [5, 5.41) is 12.9. The third kappa shape index (κ3) is 14.2. The molecule has 10 nitrogen and oxygen atoms in total. The molecule has 0 atom stereocenters. The first-order valence-electron chi connectivity index (χ1n) is 9.45. The Kier molecular flexibility index (Phi) is 9.42. The number of alkyl carbamates (subject to hydrolysis) is 2. The zero-order valence-electron chi connectivity index (χ0n) is 19.0. The molecule has 0 aromatic heterocycles. The number of carbonyl (C=O) groups excluding carboxylic acids is 3. The number of hydrogen-bond donors (Lipinski definition) is 3. The van der Waals surface area contributed by atoms with Crippen LogP contribution in [-0.4, -0.2) is 59.0 Å². The Bertz CT molecular complexity index is 599. The number of carbonyl (C=O) groups is 3. The van der Waals surface area contributed by atoms with E-state index in [1.807, 2.05) is 0 Å². The molecule has 168 valence electrons. The summed E-state index contributed by atoms with van der Waals surface area (Å²) in [4.78, 5) is 37.0. The molecule has 29 heavy (non-hydrogen) atoms. The van der Waals surface area contributed by atoms with E-state index in [1.54, 1.807) is 62.3 Å². The maximum absolute atomic E-state index is 12.4. The first-order valence-corrected chi connectivity index (χ1v) is 9.45. The van der Waals surface area contributed by atoms with E-state index in [4.69, 9.17) is 19.6 Å². The predicted molar refractivity (Wildman–Crippen MR) is 109 cm³/mol. The zero-order valence-corrected chi connectivity index (χ0v) is 19.0. The minimum absolute atomic E-state index is 0.0271. The number of ether oxygens (including phenoxy) is 3. The second kappa shape index (κ2) is 10.3. The maximum Gasteiger partial charge on any atom is 0.417 e. The highest BCUT2D eigenvalue weighted by Gasteiger charge is 2.27. The van der Waals surface area contributed by atoms with Gasteiger partial charge in [0, 0.05) is 13.1 Å². The summed E-state index contributed by atoms with van der Waals surface area (Å²) in [7, 11) is 0. The van der Waals surface area contributed by atoms with Gasteiger partial charge in [-0.15, -0.1) is 0 Å². The number of nitrogens with one attached hydrogen (secondary N) is 3. The van der Waals surface area contributed by atoms with Gasteiger partial charge >= 0.3 is 18.3 Å². The molecule has 0 rings (SSSR count). The van der Waals surface area contributed by atoms with Crippen molar-refractivity contribution >= 4 is 24.2 Å². The highest BCUT2D eigenvalue weighted by atomic mass is 16.6. The van der Waals surface area contributed by atoms with E-state index in [0.29, 0.717) is 6.42 Å². The molecule has 0 aromatic rings. The molecule has 0 unspecified atom stereocenters. The summed E-state index contributed by atoms with van der Waals surface area (Å²) in [5.41, 5.74) is -2.15. The van der Waals surface area contributed by atoms with Gasteiger partial charge in [-0.3, -0.25) is 10.7 Å². The lowest BCUT2D eigenvalue weighted by Gasteiger charge is -2.28. The van der Waals surface area contributed by atoms with Crippen LogP contribution >= 0.6 is 0 Å². The van der Waals surface area contributed by atoms with Crippen LogP contribution < -0.4 is 10.6 Å². The fraction of sp³-hybridized carbons (Fsp3) is 0.789. The highest BCUT2D eigenvalue weighted by molar-refractivity contribution is 5.99. The quantitative estimate of drug-likeness (QED) is 0.278. The Morgan fingerprint density at radius 2 is 1.24 bits per heavy atom. The van der Waals surface area contributed by atoms with Gasteiger partial charge in [-0.25, -0.2) is 19.3 Å². The van der Waals surface area contributed by atoms with Crippen LogP contribution in [0.2, 0.25) is 0 Å². The Morgan fingerprint density at radius 3 is 1.69 bits per heavy atom. The van der Waals surface area contributed by atoms with Gasteiger partial charge in [-0.2, -0.15) is 0 Å². The third-order valence-electron chi connectivity index (χ3n) is 2.73. The fourth-order valence-electron chi connectivity index (χ4n) is 1.82. The van der Waals surface area contributed by atoms with E-state index in [2.05, 4.69) is 10.6 Å². The normalized spacial score (nSPS) is 11.9. The molecule has 0 aliphatic carbocycles. The molecule has 0 saturated heterocycles. The lowest BCUT2D eigenvalue weighted by Crippen LogP contribution is -2.50. The minimum Gasteiger partial charge on any atom is -0.444 e. The second-order valence-electron chi connectivity index (χ2n) is 9.39. The average Bonchev–Trinajstić information content (AvgIpc) is 2.40. The van der Waals surface area contributed by atoms with Crippen molar-refractivity contribution in [1.29, 1.82) is 5.41 Å². The first kappa shape index (κ1) is 26.5. The zero-order chi connectivity index (χ0) is 23.0. The van der Waals surface area contributed by atoms with E-state index in [0.717, 1.165) is 4.90 Å². The SMILES string of the molecule is CC(C)(C)OC(=O)NCCCN(C(=N)NC(=O)OC(C)(C)C)C(=O)OC(C)(C)C. The Hall–Kier alpha value is -2.52. The van der Waals surface area contributed by atoms with E-state index in [1.165, 1.54) is 0 Å². The molecule has 0 radical (unpaired) electrons. The molecule has 0 heterocycles. The average molecular weight is 417 g/mol. The number of amides is 3. The van der Waals surface area contributed by atoms with Crippen molar-refractivity contribution in [3.63, 3.8) is 0 Å². The van der Waals surface area contributed by atoms with Crippen LogP contribution in [0.4, 0.5) is 14.4 Å². The van der Waals surface area contributed by atoms with Crippen molar-refractivity contribution in [2.45, 2.75) is 85.5 Å². The van der Waals surface area contributed by atoms with E-state index in [9.17, 15) is 14.4 Å². The fourth-order valence-corrected chi connectivity index (χ4v) is 1.82. The van der Waals surface area contributed by atoms with Gasteiger partial charge in [-0.05, 0) is 68.7 Å². The molecule has 0 fully saturated rings.